The molecule has 0 unspecified atom stereocenters. The molecule has 10 heteroatoms. The van der Waals surface area contributed by atoms with Gasteiger partial charge in [0, 0.05) is 24.1 Å². The highest BCUT2D eigenvalue weighted by atomic mass is 19.1. The predicted molar refractivity (Wildman–Crippen MR) is 158 cm³/mol. The van der Waals surface area contributed by atoms with Gasteiger partial charge in [-0.05, 0) is 78.8 Å². The third-order valence-electron chi connectivity index (χ3n) is 8.18. The second kappa shape index (κ2) is 13.4. The van der Waals surface area contributed by atoms with Gasteiger partial charge in [-0.3, -0.25) is 14.7 Å². The molecular formula is C33H35FN4O5. The Balaban J connectivity index is 1.32. The number of amides is 1. The van der Waals surface area contributed by atoms with Gasteiger partial charge in [-0.25, -0.2) is 9.37 Å². The van der Waals surface area contributed by atoms with Gasteiger partial charge in [0.15, 0.2) is 5.78 Å². The summed E-state index contributed by atoms with van der Waals surface area (Å²) in [5.74, 6) is -0.217. The Morgan fingerprint density at radius 2 is 1.56 bits per heavy atom. The number of aliphatic hydroxyl groups excluding tert-OH is 2. The fraction of sp³-hybridized carbons (Fsp3) is 0.333. The number of nitrogens with one attached hydrogen (secondary N) is 1. The van der Waals surface area contributed by atoms with Crippen LogP contribution in [0.2, 0.25) is 0 Å². The minimum absolute atomic E-state index is 0.0636. The van der Waals surface area contributed by atoms with E-state index in [-0.39, 0.29) is 30.6 Å². The molecule has 1 aromatic heterocycles. The molecule has 1 saturated heterocycles. The van der Waals surface area contributed by atoms with Crippen LogP contribution in [0.4, 0.5) is 10.1 Å². The van der Waals surface area contributed by atoms with E-state index in [0.29, 0.717) is 18.4 Å². The zero-order valence-electron chi connectivity index (χ0n) is 23.7. The zero-order valence-corrected chi connectivity index (χ0v) is 23.7. The summed E-state index contributed by atoms with van der Waals surface area (Å²) >= 11 is 0. The molecule has 0 bridgehead atoms. The first-order chi connectivity index (χ1) is 20.8. The lowest BCUT2D eigenvalue weighted by molar-refractivity contribution is -0.130. The molecule has 43 heavy (non-hydrogen) atoms. The Bertz CT molecular complexity index is 1500. The molecule has 9 nitrogen and oxygen atoms in total. The van der Waals surface area contributed by atoms with Gasteiger partial charge in [-0.1, -0.05) is 36.4 Å². The summed E-state index contributed by atoms with van der Waals surface area (Å²) in [5.41, 5.74) is 2.56. The molecule has 1 fully saturated rings. The van der Waals surface area contributed by atoms with Crippen molar-refractivity contribution < 1.29 is 29.3 Å². The molecule has 2 atom stereocenters. The molecule has 2 heterocycles. The Hall–Kier alpha value is -4.25. The van der Waals surface area contributed by atoms with E-state index in [9.17, 15) is 29.3 Å². The molecule has 3 aromatic carbocycles. The Morgan fingerprint density at radius 1 is 0.907 bits per heavy atom. The van der Waals surface area contributed by atoms with Crippen molar-refractivity contribution in [1.82, 2.24) is 15.2 Å². The molecule has 1 aliphatic rings. The fourth-order valence-corrected chi connectivity index (χ4v) is 5.47. The van der Waals surface area contributed by atoms with Crippen molar-refractivity contribution in [3.05, 3.63) is 113 Å². The molecule has 0 spiro atoms. The van der Waals surface area contributed by atoms with Crippen molar-refractivity contribution in [2.45, 2.75) is 50.2 Å². The first kappa shape index (κ1) is 30.2. The summed E-state index contributed by atoms with van der Waals surface area (Å²) in [5, 5.41) is 35.7. The lowest BCUT2D eigenvalue weighted by Crippen LogP contribution is -2.55. The molecule has 5 rings (SSSR count). The van der Waals surface area contributed by atoms with Crippen LogP contribution in [0.1, 0.15) is 58.2 Å². The van der Waals surface area contributed by atoms with Crippen LogP contribution in [-0.4, -0.2) is 61.0 Å². The van der Waals surface area contributed by atoms with Crippen LogP contribution in [0.3, 0.4) is 0 Å². The summed E-state index contributed by atoms with van der Waals surface area (Å²) in [7, 11) is 0. The van der Waals surface area contributed by atoms with Crippen molar-refractivity contribution in [3.63, 3.8) is 0 Å². The number of ketones is 1. The van der Waals surface area contributed by atoms with Crippen LogP contribution < -0.4 is 4.90 Å². The Labute approximate surface area is 249 Å². The second-order valence-corrected chi connectivity index (χ2v) is 11.1. The maximum atomic E-state index is 13.5. The molecule has 224 valence electrons. The van der Waals surface area contributed by atoms with Gasteiger partial charge >= 0.3 is 0 Å². The number of aliphatic hydroxyl groups is 3. The molecule has 4 aromatic rings. The summed E-state index contributed by atoms with van der Waals surface area (Å²) in [6, 6.07) is 20.7. The van der Waals surface area contributed by atoms with E-state index in [1.165, 1.54) is 30.6 Å². The van der Waals surface area contributed by atoms with Crippen LogP contribution in [0.15, 0.2) is 79.1 Å². The number of anilines is 1. The van der Waals surface area contributed by atoms with E-state index in [4.69, 9.17) is 0 Å². The number of hydrogen-bond donors (Lipinski definition) is 4. The van der Waals surface area contributed by atoms with E-state index in [2.05, 4.69) is 15.2 Å². The standard InChI is InChI=1S/C33H35FN4O5/c34-26-10-8-24(9-11-26)29(41)15-14-28-31(25-6-1-23(2-7-25)17-18-33(43,19-39)20-40)38(32(28)42)27-12-3-22(4-13-27)5-16-30-35-21-36-37-30/h1-4,6-13,21,28,31,39-40,43H,5,14-20H2,(H,35,36,37)/t28-,31-/m1/s1. The summed E-state index contributed by atoms with van der Waals surface area (Å²) in [6.45, 7) is -1.06. The average molecular weight is 587 g/mol. The molecule has 0 radical (unpaired) electrons. The van der Waals surface area contributed by atoms with E-state index >= 15 is 0 Å². The lowest BCUT2D eigenvalue weighted by Gasteiger charge is -2.47. The zero-order chi connectivity index (χ0) is 30.4. The van der Waals surface area contributed by atoms with E-state index in [0.717, 1.165) is 41.0 Å². The van der Waals surface area contributed by atoms with Crippen LogP contribution >= 0.6 is 0 Å². The SMILES string of the molecule is O=C(CC[C@H]1C(=O)N(c2ccc(CCc3ncn[nH]3)cc2)[C@@H]1c1ccc(CCC(O)(CO)CO)cc1)c1ccc(F)cc1. The monoisotopic (exact) mass is 586 g/mol. The maximum Gasteiger partial charge on any atom is 0.233 e. The van der Waals surface area contributed by atoms with Crippen molar-refractivity contribution in [2.75, 3.05) is 18.1 Å². The quantitative estimate of drug-likeness (QED) is 0.130. The third-order valence-corrected chi connectivity index (χ3v) is 8.18. The number of aromatic amines is 1. The summed E-state index contributed by atoms with van der Waals surface area (Å²) in [4.78, 5) is 32.3. The number of nitrogens with zero attached hydrogens (tertiary/aromatic N) is 3. The van der Waals surface area contributed by atoms with Crippen molar-refractivity contribution >= 4 is 17.4 Å². The Kier molecular flexibility index (Phi) is 9.40. The molecule has 0 saturated carbocycles. The lowest BCUT2D eigenvalue weighted by atomic mass is 9.78. The number of halogens is 1. The van der Waals surface area contributed by atoms with Gasteiger partial charge in [0.1, 0.15) is 23.6 Å². The molecular weight excluding hydrogens is 551 g/mol. The smallest absolute Gasteiger partial charge is 0.233 e. The molecule has 0 aliphatic carbocycles. The fourth-order valence-electron chi connectivity index (χ4n) is 5.47. The predicted octanol–water partition coefficient (Wildman–Crippen LogP) is 3.74. The number of H-pyrrole nitrogens is 1. The highest BCUT2D eigenvalue weighted by Gasteiger charge is 2.48. The van der Waals surface area contributed by atoms with Gasteiger partial charge in [0.25, 0.3) is 0 Å². The van der Waals surface area contributed by atoms with Crippen molar-refractivity contribution in [2.24, 2.45) is 5.92 Å². The van der Waals surface area contributed by atoms with Gasteiger partial charge in [-0.2, -0.15) is 5.10 Å². The largest absolute Gasteiger partial charge is 0.393 e. The van der Waals surface area contributed by atoms with Gasteiger partial charge < -0.3 is 20.2 Å². The first-order valence-electron chi connectivity index (χ1n) is 14.4. The van der Waals surface area contributed by atoms with E-state index < -0.39 is 30.5 Å². The number of β-lactam (4-membered cyclic amide) rings is 1. The van der Waals surface area contributed by atoms with E-state index in [1.807, 2.05) is 48.5 Å². The topological polar surface area (TPSA) is 140 Å². The summed E-state index contributed by atoms with van der Waals surface area (Å²) in [6.07, 6.45) is 4.13. The van der Waals surface area contributed by atoms with Crippen LogP contribution in [0.25, 0.3) is 0 Å². The van der Waals surface area contributed by atoms with Crippen LogP contribution in [0, 0.1) is 11.7 Å². The number of carbonyl (C=O) groups is 2. The maximum absolute atomic E-state index is 13.5. The second-order valence-electron chi connectivity index (χ2n) is 11.1. The summed E-state index contributed by atoms with van der Waals surface area (Å²) < 4.78 is 13.3. The number of aryl methyl sites for hydroxylation is 3. The van der Waals surface area contributed by atoms with Crippen molar-refractivity contribution in [1.29, 1.82) is 0 Å². The van der Waals surface area contributed by atoms with E-state index in [1.54, 1.807) is 4.90 Å². The highest BCUT2D eigenvalue weighted by molar-refractivity contribution is 6.04. The van der Waals surface area contributed by atoms with Crippen molar-refractivity contribution in [3.8, 4) is 0 Å². The first-order valence-corrected chi connectivity index (χ1v) is 14.4. The number of aromatic nitrogens is 3. The molecule has 1 aliphatic heterocycles. The normalized spacial score (nSPS) is 16.7. The number of benzene rings is 3. The number of carbonyl (C=O) groups excluding carboxylic acids is 2. The van der Waals surface area contributed by atoms with Crippen LogP contribution in [0.5, 0.6) is 0 Å². The minimum atomic E-state index is -1.54. The molecule has 1 amide bonds. The van der Waals surface area contributed by atoms with Crippen LogP contribution in [-0.2, 0) is 24.1 Å². The highest BCUT2D eigenvalue weighted by Crippen LogP contribution is 2.46. The Morgan fingerprint density at radius 3 is 2.19 bits per heavy atom. The molecule has 4 N–H and O–H groups in total. The number of rotatable bonds is 14. The minimum Gasteiger partial charge on any atom is -0.393 e. The number of Topliss-reactive ketones (excluding diaryl/α,β-unsaturated/α-hetero) is 1. The van der Waals surface area contributed by atoms with Gasteiger partial charge in [0.2, 0.25) is 5.91 Å². The van der Waals surface area contributed by atoms with Gasteiger partial charge in [-0.15, -0.1) is 0 Å². The average Bonchev–Trinajstić information content (AvgIpc) is 3.56. The third kappa shape index (κ3) is 7.05. The number of hydrogen-bond acceptors (Lipinski definition) is 7. The van der Waals surface area contributed by atoms with Gasteiger partial charge in [0.05, 0.1) is 25.2 Å².